The molecule has 1 atom stereocenters. The highest BCUT2D eigenvalue weighted by molar-refractivity contribution is 5.88. The molecule has 0 bridgehead atoms. The van der Waals surface area contributed by atoms with Crippen LogP contribution in [0.15, 0.2) is 0 Å². The number of ether oxygens (including phenoxy) is 1. The number of likely N-dealkylation sites (N-methyl/N-ethyl adjacent to an activating group) is 1. The first kappa shape index (κ1) is 12.9. The second kappa shape index (κ2) is 6.44. The first-order valence-corrected chi connectivity index (χ1v) is 5.49. The van der Waals surface area contributed by atoms with E-state index in [9.17, 15) is 9.59 Å². The van der Waals surface area contributed by atoms with Crippen molar-refractivity contribution >= 4 is 11.8 Å². The van der Waals surface area contributed by atoms with Crippen LogP contribution < -0.4 is 11.1 Å². The first-order chi connectivity index (χ1) is 7.70. The fraction of sp³-hybridized carbons (Fsp3) is 0.800. The SMILES string of the molecule is CNC(=O)C1CCCN1C(=O)COCCN. The molecule has 1 aliphatic rings. The van der Waals surface area contributed by atoms with Crippen LogP contribution in [0.1, 0.15) is 12.8 Å². The standard InChI is InChI=1S/C10H19N3O3/c1-12-10(15)8-3-2-5-13(8)9(14)7-16-6-4-11/h8H,2-7,11H2,1H3,(H,12,15). The van der Waals surface area contributed by atoms with Gasteiger partial charge in [0.05, 0.1) is 6.61 Å². The fourth-order valence-electron chi connectivity index (χ4n) is 1.83. The van der Waals surface area contributed by atoms with E-state index in [0.29, 0.717) is 19.7 Å². The van der Waals surface area contributed by atoms with Gasteiger partial charge in [-0.15, -0.1) is 0 Å². The minimum atomic E-state index is -0.334. The van der Waals surface area contributed by atoms with E-state index in [2.05, 4.69) is 5.32 Å². The summed E-state index contributed by atoms with van der Waals surface area (Å²) in [7, 11) is 1.58. The zero-order chi connectivity index (χ0) is 12.0. The second-order valence-corrected chi connectivity index (χ2v) is 3.70. The number of nitrogens with zero attached hydrogens (tertiary/aromatic N) is 1. The molecule has 6 nitrogen and oxygen atoms in total. The van der Waals surface area contributed by atoms with Crippen LogP contribution >= 0.6 is 0 Å². The van der Waals surface area contributed by atoms with Crippen LogP contribution in [0.4, 0.5) is 0 Å². The number of hydrogen-bond acceptors (Lipinski definition) is 4. The van der Waals surface area contributed by atoms with Gasteiger partial charge in [-0.25, -0.2) is 0 Å². The van der Waals surface area contributed by atoms with Crippen LogP contribution in [0.3, 0.4) is 0 Å². The van der Waals surface area contributed by atoms with Crippen molar-refractivity contribution in [3.05, 3.63) is 0 Å². The van der Waals surface area contributed by atoms with Crippen LogP contribution in [0.5, 0.6) is 0 Å². The Morgan fingerprint density at radius 1 is 1.56 bits per heavy atom. The molecule has 1 aliphatic heterocycles. The van der Waals surface area contributed by atoms with Crippen molar-refractivity contribution in [3.63, 3.8) is 0 Å². The smallest absolute Gasteiger partial charge is 0.249 e. The molecular weight excluding hydrogens is 210 g/mol. The third-order valence-electron chi connectivity index (χ3n) is 2.61. The Morgan fingerprint density at radius 2 is 2.31 bits per heavy atom. The average Bonchev–Trinajstić information content (AvgIpc) is 2.77. The summed E-state index contributed by atoms with van der Waals surface area (Å²) in [6, 6.07) is -0.334. The molecule has 1 saturated heterocycles. The lowest BCUT2D eigenvalue weighted by Crippen LogP contribution is -2.46. The summed E-state index contributed by atoms with van der Waals surface area (Å²) in [6.45, 7) is 1.39. The van der Waals surface area contributed by atoms with E-state index >= 15 is 0 Å². The van der Waals surface area contributed by atoms with Crippen molar-refractivity contribution in [3.8, 4) is 0 Å². The van der Waals surface area contributed by atoms with Crippen molar-refractivity contribution in [2.45, 2.75) is 18.9 Å². The van der Waals surface area contributed by atoms with Gasteiger partial charge in [0, 0.05) is 20.1 Å². The average molecular weight is 229 g/mol. The summed E-state index contributed by atoms with van der Waals surface area (Å²) in [5, 5.41) is 2.57. The number of amides is 2. The van der Waals surface area contributed by atoms with Gasteiger partial charge in [0.25, 0.3) is 0 Å². The Kier molecular flexibility index (Phi) is 5.21. The summed E-state index contributed by atoms with van der Waals surface area (Å²) in [5.41, 5.74) is 5.25. The van der Waals surface area contributed by atoms with Gasteiger partial charge < -0.3 is 20.7 Å². The molecule has 0 aromatic carbocycles. The Labute approximate surface area is 95.1 Å². The Bertz CT molecular complexity index is 258. The predicted octanol–water partition coefficient (Wildman–Crippen LogP) is -1.30. The molecular formula is C10H19N3O3. The lowest BCUT2D eigenvalue weighted by atomic mass is 10.2. The summed E-state index contributed by atoms with van der Waals surface area (Å²) >= 11 is 0. The molecule has 1 heterocycles. The molecule has 3 N–H and O–H groups in total. The summed E-state index contributed by atoms with van der Waals surface area (Å²) in [4.78, 5) is 24.8. The number of carbonyl (C=O) groups excluding carboxylic acids is 2. The van der Waals surface area contributed by atoms with Gasteiger partial charge in [-0.3, -0.25) is 9.59 Å². The molecule has 2 amide bonds. The first-order valence-electron chi connectivity index (χ1n) is 5.49. The number of likely N-dealkylation sites (tertiary alicyclic amines) is 1. The van der Waals surface area contributed by atoms with Crippen LogP contribution in [-0.4, -0.2) is 56.1 Å². The van der Waals surface area contributed by atoms with E-state index in [1.54, 1.807) is 11.9 Å². The summed E-state index contributed by atoms with van der Waals surface area (Å²) in [6.07, 6.45) is 1.59. The van der Waals surface area contributed by atoms with E-state index in [1.807, 2.05) is 0 Å². The van der Waals surface area contributed by atoms with Gasteiger partial charge in [-0.05, 0) is 12.8 Å². The zero-order valence-electron chi connectivity index (χ0n) is 9.57. The van der Waals surface area contributed by atoms with Gasteiger partial charge in [-0.1, -0.05) is 0 Å². The molecule has 0 aromatic rings. The lowest BCUT2D eigenvalue weighted by molar-refractivity contribution is -0.141. The van der Waals surface area contributed by atoms with Crippen molar-refractivity contribution in [2.24, 2.45) is 5.73 Å². The van der Waals surface area contributed by atoms with Crippen molar-refractivity contribution in [1.82, 2.24) is 10.2 Å². The van der Waals surface area contributed by atoms with E-state index in [1.165, 1.54) is 0 Å². The minimum absolute atomic E-state index is 0.00466. The Hall–Kier alpha value is -1.14. The molecule has 0 spiro atoms. The molecule has 16 heavy (non-hydrogen) atoms. The van der Waals surface area contributed by atoms with E-state index < -0.39 is 0 Å². The monoisotopic (exact) mass is 229 g/mol. The lowest BCUT2D eigenvalue weighted by Gasteiger charge is -2.23. The Morgan fingerprint density at radius 3 is 2.94 bits per heavy atom. The van der Waals surface area contributed by atoms with Crippen LogP contribution in [-0.2, 0) is 14.3 Å². The number of nitrogens with two attached hydrogens (primary N) is 1. The topological polar surface area (TPSA) is 84.7 Å². The molecule has 0 radical (unpaired) electrons. The van der Waals surface area contributed by atoms with Crippen molar-refractivity contribution in [1.29, 1.82) is 0 Å². The number of nitrogens with one attached hydrogen (secondary N) is 1. The van der Waals surface area contributed by atoms with Gasteiger partial charge in [0.1, 0.15) is 12.6 Å². The predicted molar refractivity (Wildman–Crippen MR) is 58.7 cm³/mol. The second-order valence-electron chi connectivity index (χ2n) is 3.70. The molecule has 1 rings (SSSR count). The maximum atomic E-state index is 11.7. The maximum absolute atomic E-state index is 11.7. The maximum Gasteiger partial charge on any atom is 0.249 e. The van der Waals surface area contributed by atoms with Gasteiger partial charge >= 0.3 is 0 Å². The highest BCUT2D eigenvalue weighted by Crippen LogP contribution is 2.17. The highest BCUT2D eigenvalue weighted by Gasteiger charge is 2.33. The molecule has 1 unspecified atom stereocenters. The number of rotatable bonds is 5. The van der Waals surface area contributed by atoms with E-state index in [-0.39, 0.29) is 24.5 Å². The third-order valence-corrected chi connectivity index (χ3v) is 2.61. The molecule has 92 valence electrons. The van der Waals surface area contributed by atoms with E-state index in [4.69, 9.17) is 10.5 Å². The molecule has 0 aliphatic carbocycles. The van der Waals surface area contributed by atoms with Crippen LogP contribution in [0, 0.1) is 0 Å². The number of hydrogen-bond donors (Lipinski definition) is 2. The molecule has 0 saturated carbocycles. The van der Waals surface area contributed by atoms with E-state index in [0.717, 1.165) is 12.8 Å². The quantitative estimate of drug-likeness (QED) is 0.574. The van der Waals surface area contributed by atoms with Gasteiger partial charge in [0.2, 0.25) is 11.8 Å². The highest BCUT2D eigenvalue weighted by atomic mass is 16.5. The van der Waals surface area contributed by atoms with Crippen molar-refractivity contribution < 1.29 is 14.3 Å². The largest absolute Gasteiger partial charge is 0.370 e. The summed E-state index contributed by atoms with van der Waals surface area (Å²) in [5.74, 6) is -0.246. The Balaban J connectivity index is 2.44. The van der Waals surface area contributed by atoms with Gasteiger partial charge in [0.15, 0.2) is 0 Å². The molecule has 0 aromatic heterocycles. The third kappa shape index (κ3) is 3.18. The van der Waals surface area contributed by atoms with Crippen LogP contribution in [0.25, 0.3) is 0 Å². The molecule has 1 fully saturated rings. The van der Waals surface area contributed by atoms with Crippen LogP contribution in [0.2, 0.25) is 0 Å². The molecule has 6 heteroatoms. The minimum Gasteiger partial charge on any atom is -0.370 e. The fourth-order valence-corrected chi connectivity index (χ4v) is 1.83. The number of carbonyl (C=O) groups is 2. The normalized spacial score (nSPS) is 19.9. The van der Waals surface area contributed by atoms with Gasteiger partial charge in [-0.2, -0.15) is 0 Å². The summed E-state index contributed by atoms with van der Waals surface area (Å²) < 4.78 is 5.07. The zero-order valence-corrected chi connectivity index (χ0v) is 9.57. The van der Waals surface area contributed by atoms with Crippen molar-refractivity contribution in [2.75, 3.05) is 33.4 Å².